The van der Waals surface area contributed by atoms with Crippen molar-refractivity contribution in [2.24, 2.45) is 0 Å². The van der Waals surface area contributed by atoms with E-state index in [-0.39, 0.29) is 10.2 Å². The number of benzene rings is 2. The maximum Gasteiger partial charge on any atom is 0.0647 e. The monoisotopic (exact) mass is 350 g/mol. The summed E-state index contributed by atoms with van der Waals surface area (Å²) in [5, 5.41) is 0.779. The van der Waals surface area contributed by atoms with E-state index in [4.69, 9.17) is 11.6 Å². The smallest absolute Gasteiger partial charge is 0.0647 e. The average molecular weight is 352 g/mol. The number of alkyl halides is 1. The highest BCUT2D eigenvalue weighted by atomic mass is 79.9. The van der Waals surface area contributed by atoms with Crippen LogP contribution in [0.4, 0.5) is 0 Å². The summed E-state index contributed by atoms with van der Waals surface area (Å²) in [6, 6.07) is 14.8. The fourth-order valence-electron chi connectivity index (χ4n) is 2.22. The Balaban J connectivity index is 2.34. The van der Waals surface area contributed by atoms with E-state index in [1.54, 1.807) is 0 Å². The van der Waals surface area contributed by atoms with Gasteiger partial charge in [0, 0.05) is 5.02 Å². The molecular weight excluding hydrogens is 332 g/mol. The highest BCUT2D eigenvalue weighted by Crippen LogP contribution is 2.35. The van der Waals surface area contributed by atoms with Gasteiger partial charge in [-0.1, -0.05) is 78.6 Å². The molecule has 0 radical (unpaired) electrons. The van der Waals surface area contributed by atoms with E-state index in [0.717, 1.165) is 5.02 Å². The lowest BCUT2D eigenvalue weighted by molar-refractivity contribution is 0.590. The van der Waals surface area contributed by atoms with Gasteiger partial charge in [-0.2, -0.15) is 0 Å². The third kappa shape index (κ3) is 3.45. The molecule has 2 heteroatoms. The molecule has 0 nitrogen and oxygen atoms in total. The second-order valence-corrected chi connectivity index (χ2v) is 7.59. The third-order valence-electron chi connectivity index (χ3n) is 3.58. The summed E-state index contributed by atoms with van der Waals surface area (Å²) >= 11 is 9.91. The summed E-state index contributed by atoms with van der Waals surface area (Å²) in [7, 11) is 0. The summed E-state index contributed by atoms with van der Waals surface area (Å²) < 4.78 is 0. The Hall–Kier alpha value is -0.790. The van der Waals surface area contributed by atoms with E-state index in [1.165, 1.54) is 22.3 Å². The zero-order valence-electron chi connectivity index (χ0n) is 12.4. The zero-order valence-corrected chi connectivity index (χ0v) is 14.7. The van der Waals surface area contributed by atoms with E-state index in [9.17, 15) is 0 Å². The number of aryl methyl sites for hydroxylation is 1. The van der Waals surface area contributed by atoms with Crippen molar-refractivity contribution in [1.82, 2.24) is 0 Å². The van der Waals surface area contributed by atoms with Crippen LogP contribution in [0.15, 0.2) is 42.5 Å². The lowest BCUT2D eigenvalue weighted by Gasteiger charge is -2.20. The van der Waals surface area contributed by atoms with Gasteiger partial charge in [0.2, 0.25) is 0 Å². The van der Waals surface area contributed by atoms with Gasteiger partial charge in [-0.25, -0.2) is 0 Å². The lowest BCUT2D eigenvalue weighted by Crippen LogP contribution is -2.10. The molecule has 1 atom stereocenters. The standard InChI is InChI=1S/C18H20BrCl/c1-12-5-10-15(20)11-16(12)17(19)13-6-8-14(9-7-13)18(2,3)4/h5-11,17H,1-4H3. The Morgan fingerprint density at radius 3 is 2.15 bits per heavy atom. The SMILES string of the molecule is Cc1ccc(Cl)cc1C(Br)c1ccc(C(C)(C)C)cc1. The van der Waals surface area contributed by atoms with Crippen molar-refractivity contribution in [2.45, 2.75) is 37.9 Å². The van der Waals surface area contributed by atoms with Gasteiger partial charge >= 0.3 is 0 Å². The van der Waals surface area contributed by atoms with Gasteiger partial charge in [0.05, 0.1) is 4.83 Å². The van der Waals surface area contributed by atoms with Crippen LogP contribution in [-0.4, -0.2) is 0 Å². The summed E-state index contributed by atoms with van der Waals surface area (Å²) in [5.74, 6) is 0. The molecule has 2 aromatic carbocycles. The molecule has 0 heterocycles. The van der Waals surface area contributed by atoms with Gasteiger partial charge in [-0.3, -0.25) is 0 Å². The van der Waals surface area contributed by atoms with Crippen LogP contribution in [0.1, 0.15) is 47.9 Å². The van der Waals surface area contributed by atoms with E-state index >= 15 is 0 Å². The van der Waals surface area contributed by atoms with E-state index < -0.39 is 0 Å². The normalized spacial score (nSPS) is 13.3. The van der Waals surface area contributed by atoms with Gasteiger partial charge in [-0.15, -0.1) is 0 Å². The van der Waals surface area contributed by atoms with Crippen LogP contribution < -0.4 is 0 Å². The van der Waals surface area contributed by atoms with Gasteiger partial charge in [0.25, 0.3) is 0 Å². The molecule has 20 heavy (non-hydrogen) atoms. The Labute approximate surface area is 135 Å². The quantitative estimate of drug-likeness (QED) is 0.547. The highest BCUT2D eigenvalue weighted by molar-refractivity contribution is 9.09. The van der Waals surface area contributed by atoms with Crippen molar-refractivity contribution in [3.63, 3.8) is 0 Å². The van der Waals surface area contributed by atoms with Crippen LogP contribution in [0.2, 0.25) is 5.02 Å². The van der Waals surface area contributed by atoms with Crippen LogP contribution >= 0.6 is 27.5 Å². The molecule has 0 aliphatic carbocycles. The molecule has 0 spiro atoms. The summed E-state index contributed by atoms with van der Waals surface area (Å²) in [5.41, 5.74) is 5.26. The number of rotatable bonds is 2. The Morgan fingerprint density at radius 2 is 1.60 bits per heavy atom. The predicted molar refractivity (Wildman–Crippen MR) is 92.1 cm³/mol. The maximum absolute atomic E-state index is 6.11. The van der Waals surface area contributed by atoms with Crippen molar-refractivity contribution in [3.05, 3.63) is 69.7 Å². The molecule has 0 aliphatic heterocycles. The van der Waals surface area contributed by atoms with Gasteiger partial charge in [0.15, 0.2) is 0 Å². The van der Waals surface area contributed by atoms with Crippen molar-refractivity contribution in [2.75, 3.05) is 0 Å². The molecule has 0 aliphatic rings. The minimum absolute atomic E-state index is 0.176. The maximum atomic E-state index is 6.11. The number of halogens is 2. The molecule has 0 aromatic heterocycles. The van der Waals surface area contributed by atoms with Crippen LogP contribution in [0.5, 0.6) is 0 Å². The number of hydrogen-bond acceptors (Lipinski definition) is 0. The molecule has 0 saturated carbocycles. The van der Waals surface area contributed by atoms with E-state index in [0.29, 0.717) is 0 Å². The second-order valence-electron chi connectivity index (χ2n) is 6.24. The Kier molecular flexibility index (Phi) is 4.61. The summed E-state index contributed by atoms with van der Waals surface area (Å²) in [6.07, 6.45) is 0. The average Bonchev–Trinajstić information content (AvgIpc) is 2.40. The first kappa shape index (κ1) is 15.6. The van der Waals surface area contributed by atoms with Gasteiger partial charge < -0.3 is 0 Å². The molecule has 1 unspecified atom stereocenters. The second kappa shape index (κ2) is 5.91. The Morgan fingerprint density at radius 1 is 1.00 bits per heavy atom. The van der Waals surface area contributed by atoms with Crippen molar-refractivity contribution in [3.8, 4) is 0 Å². The van der Waals surface area contributed by atoms with Crippen molar-refractivity contribution >= 4 is 27.5 Å². The molecule has 0 saturated heterocycles. The molecule has 0 bridgehead atoms. The fraction of sp³-hybridized carbons (Fsp3) is 0.333. The first-order chi connectivity index (χ1) is 9.29. The highest BCUT2D eigenvalue weighted by Gasteiger charge is 2.16. The zero-order chi connectivity index (χ0) is 14.9. The minimum atomic E-state index is 0.176. The fourth-order valence-corrected chi connectivity index (χ4v) is 3.20. The minimum Gasteiger partial charge on any atom is -0.0843 e. The van der Waals surface area contributed by atoms with Crippen molar-refractivity contribution < 1.29 is 0 Å². The van der Waals surface area contributed by atoms with Crippen LogP contribution in [0.25, 0.3) is 0 Å². The largest absolute Gasteiger partial charge is 0.0843 e. The van der Waals surface area contributed by atoms with Crippen LogP contribution in [0, 0.1) is 6.92 Å². The van der Waals surface area contributed by atoms with Crippen LogP contribution in [-0.2, 0) is 5.41 Å². The lowest BCUT2D eigenvalue weighted by atomic mass is 9.86. The molecular formula is C18H20BrCl. The van der Waals surface area contributed by atoms with Gasteiger partial charge in [-0.05, 0) is 46.7 Å². The number of hydrogen-bond donors (Lipinski definition) is 0. The van der Waals surface area contributed by atoms with E-state index in [1.807, 2.05) is 12.1 Å². The Bertz CT molecular complexity index is 594. The molecule has 2 aromatic rings. The van der Waals surface area contributed by atoms with Gasteiger partial charge in [0.1, 0.15) is 0 Å². The predicted octanol–water partition coefficient (Wildman–Crippen LogP) is 6.43. The molecule has 2 rings (SSSR count). The molecule has 0 amide bonds. The molecule has 0 fully saturated rings. The summed E-state index contributed by atoms with van der Waals surface area (Å²) in [4.78, 5) is 0.176. The summed E-state index contributed by atoms with van der Waals surface area (Å²) in [6.45, 7) is 8.81. The third-order valence-corrected chi connectivity index (χ3v) is 4.84. The topological polar surface area (TPSA) is 0 Å². The molecule has 0 N–H and O–H groups in total. The molecule has 106 valence electrons. The first-order valence-corrected chi connectivity index (χ1v) is 8.09. The van der Waals surface area contributed by atoms with Crippen LogP contribution in [0.3, 0.4) is 0 Å². The van der Waals surface area contributed by atoms with Crippen molar-refractivity contribution in [1.29, 1.82) is 0 Å². The first-order valence-electron chi connectivity index (χ1n) is 6.79. The van der Waals surface area contributed by atoms with E-state index in [2.05, 4.69) is 74.0 Å².